The summed E-state index contributed by atoms with van der Waals surface area (Å²) in [6, 6.07) is 10.0. The summed E-state index contributed by atoms with van der Waals surface area (Å²) in [6.07, 6.45) is 9.87. The summed E-state index contributed by atoms with van der Waals surface area (Å²) in [4.78, 5) is 11.8. The van der Waals surface area contributed by atoms with Gasteiger partial charge in [0.2, 0.25) is 0 Å². The molecule has 22 heavy (non-hydrogen) atoms. The Balaban J connectivity index is 2.07. The standard InChI is InChI=1S/C19H14O3/c1-5-15-7-9-17(11-13(15)3)21-19(20)22-18-10-8-16(6-2)14(4)12-18/h1-2,7-12H,3-4H3. The fourth-order valence-electron chi connectivity index (χ4n) is 1.94. The highest BCUT2D eigenvalue weighted by molar-refractivity contribution is 5.67. The van der Waals surface area contributed by atoms with Crippen molar-refractivity contribution in [2.45, 2.75) is 13.8 Å². The highest BCUT2D eigenvalue weighted by atomic mass is 16.7. The van der Waals surface area contributed by atoms with E-state index in [1.807, 2.05) is 13.8 Å². The van der Waals surface area contributed by atoms with E-state index in [1.165, 1.54) is 0 Å². The average molecular weight is 290 g/mol. The van der Waals surface area contributed by atoms with Gasteiger partial charge in [-0.2, -0.15) is 0 Å². The van der Waals surface area contributed by atoms with E-state index in [9.17, 15) is 4.79 Å². The van der Waals surface area contributed by atoms with Crippen molar-refractivity contribution in [1.29, 1.82) is 0 Å². The molecule has 0 unspecified atom stereocenters. The summed E-state index contributed by atoms with van der Waals surface area (Å²) >= 11 is 0. The summed E-state index contributed by atoms with van der Waals surface area (Å²) < 4.78 is 10.3. The molecule has 0 aliphatic heterocycles. The third-order valence-corrected chi connectivity index (χ3v) is 3.11. The van der Waals surface area contributed by atoms with Crippen LogP contribution in [-0.4, -0.2) is 6.16 Å². The molecule has 3 heteroatoms. The second-order valence-electron chi connectivity index (χ2n) is 4.70. The highest BCUT2D eigenvalue weighted by Gasteiger charge is 2.09. The molecule has 0 radical (unpaired) electrons. The first-order valence-corrected chi connectivity index (χ1v) is 6.57. The van der Waals surface area contributed by atoms with E-state index >= 15 is 0 Å². The van der Waals surface area contributed by atoms with Gasteiger partial charge < -0.3 is 9.47 Å². The van der Waals surface area contributed by atoms with Gasteiger partial charge in [0.1, 0.15) is 11.5 Å². The summed E-state index contributed by atoms with van der Waals surface area (Å²) in [7, 11) is 0. The number of benzene rings is 2. The lowest BCUT2D eigenvalue weighted by atomic mass is 10.1. The summed E-state index contributed by atoms with van der Waals surface area (Å²) in [5.41, 5.74) is 3.20. The largest absolute Gasteiger partial charge is 0.519 e. The molecular weight excluding hydrogens is 276 g/mol. The average Bonchev–Trinajstić information content (AvgIpc) is 2.47. The number of carbonyl (C=O) groups is 1. The van der Waals surface area contributed by atoms with E-state index in [-0.39, 0.29) is 0 Å². The molecule has 0 amide bonds. The molecule has 0 saturated carbocycles. The molecule has 108 valence electrons. The van der Waals surface area contributed by atoms with Gasteiger partial charge in [-0.25, -0.2) is 4.79 Å². The van der Waals surface area contributed by atoms with Crippen molar-refractivity contribution >= 4 is 6.16 Å². The van der Waals surface area contributed by atoms with Crippen molar-refractivity contribution in [2.75, 3.05) is 0 Å². The van der Waals surface area contributed by atoms with Crippen LogP contribution in [0.5, 0.6) is 11.5 Å². The van der Waals surface area contributed by atoms with Crippen LogP contribution in [0, 0.1) is 38.5 Å². The Morgan fingerprint density at radius 3 is 1.59 bits per heavy atom. The van der Waals surface area contributed by atoms with Crippen molar-refractivity contribution in [3.63, 3.8) is 0 Å². The number of ether oxygens (including phenoxy) is 2. The van der Waals surface area contributed by atoms with Crippen molar-refractivity contribution in [3.05, 3.63) is 58.7 Å². The molecule has 0 aromatic heterocycles. The van der Waals surface area contributed by atoms with Crippen LogP contribution in [0.1, 0.15) is 22.3 Å². The van der Waals surface area contributed by atoms with E-state index in [0.717, 1.165) is 22.3 Å². The van der Waals surface area contributed by atoms with Crippen molar-refractivity contribution < 1.29 is 14.3 Å². The molecule has 0 aliphatic carbocycles. The molecule has 0 bridgehead atoms. The molecule has 0 N–H and O–H groups in total. The Morgan fingerprint density at radius 2 is 1.27 bits per heavy atom. The highest BCUT2D eigenvalue weighted by Crippen LogP contribution is 2.20. The quantitative estimate of drug-likeness (QED) is 0.479. The fourth-order valence-corrected chi connectivity index (χ4v) is 1.94. The minimum atomic E-state index is -0.819. The molecule has 0 saturated heterocycles. The molecule has 0 fully saturated rings. The molecular formula is C19H14O3. The Bertz CT molecular complexity index is 737. The number of hydrogen-bond acceptors (Lipinski definition) is 3. The molecule has 3 nitrogen and oxygen atoms in total. The number of aryl methyl sites for hydroxylation is 2. The smallest absolute Gasteiger partial charge is 0.395 e. The topological polar surface area (TPSA) is 35.5 Å². The zero-order chi connectivity index (χ0) is 16.1. The van der Waals surface area contributed by atoms with Gasteiger partial charge >= 0.3 is 6.16 Å². The number of hydrogen-bond donors (Lipinski definition) is 0. The van der Waals surface area contributed by atoms with Gasteiger partial charge in [-0.1, -0.05) is 11.8 Å². The van der Waals surface area contributed by atoms with Gasteiger partial charge in [-0.05, 0) is 61.4 Å². The lowest BCUT2D eigenvalue weighted by Crippen LogP contribution is -2.14. The van der Waals surface area contributed by atoms with Crippen LogP contribution in [0.2, 0.25) is 0 Å². The van der Waals surface area contributed by atoms with Gasteiger partial charge in [0.15, 0.2) is 0 Å². The van der Waals surface area contributed by atoms with Crippen LogP contribution in [0.4, 0.5) is 4.79 Å². The molecule has 2 aromatic rings. The van der Waals surface area contributed by atoms with Gasteiger partial charge in [0, 0.05) is 11.1 Å². The van der Waals surface area contributed by atoms with Crippen LogP contribution >= 0.6 is 0 Å². The molecule has 2 aromatic carbocycles. The third kappa shape index (κ3) is 3.48. The summed E-state index contributed by atoms with van der Waals surface area (Å²) in [5, 5.41) is 0. The predicted molar refractivity (Wildman–Crippen MR) is 84.9 cm³/mol. The van der Waals surface area contributed by atoms with E-state index in [0.29, 0.717) is 11.5 Å². The second kappa shape index (κ2) is 6.52. The molecule has 0 heterocycles. The minimum Gasteiger partial charge on any atom is -0.395 e. The maximum atomic E-state index is 11.8. The van der Waals surface area contributed by atoms with Crippen LogP contribution < -0.4 is 9.47 Å². The fraction of sp³-hybridized carbons (Fsp3) is 0.105. The second-order valence-corrected chi connectivity index (χ2v) is 4.70. The zero-order valence-corrected chi connectivity index (χ0v) is 12.3. The minimum absolute atomic E-state index is 0.374. The molecule has 0 atom stereocenters. The Kier molecular flexibility index (Phi) is 4.51. The Morgan fingerprint density at radius 1 is 0.864 bits per heavy atom. The lowest BCUT2D eigenvalue weighted by molar-refractivity contribution is 0.152. The maximum Gasteiger partial charge on any atom is 0.519 e. The summed E-state index contributed by atoms with van der Waals surface area (Å²) in [6.45, 7) is 3.69. The van der Waals surface area contributed by atoms with Gasteiger partial charge in [-0.15, -0.1) is 12.8 Å². The molecule has 2 rings (SSSR count). The number of carbonyl (C=O) groups excluding carboxylic acids is 1. The molecule has 0 spiro atoms. The van der Waals surface area contributed by atoms with Crippen LogP contribution in [0.3, 0.4) is 0 Å². The van der Waals surface area contributed by atoms with Crippen LogP contribution in [0.15, 0.2) is 36.4 Å². The normalized spacial score (nSPS) is 9.45. The monoisotopic (exact) mass is 290 g/mol. The summed E-state index contributed by atoms with van der Waals surface area (Å²) in [5.74, 6) is 5.84. The maximum absolute atomic E-state index is 11.8. The Hall–Kier alpha value is -3.17. The third-order valence-electron chi connectivity index (χ3n) is 3.11. The van der Waals surface area contributed by atoms with E-state index < -0.39 is 6.16 Å². The van der Waals surface area contributed by atoms with Gasteiger partial charge in [-0.3, -0.25) is 0 Å². The van der Waals surface area contributed by atoms with Crippen LogP contribution in [-0.2, 0) is 0 Å². The first kappa shape index (κ1) is 15.2. The van der Waals surface area contributed by atoms with Gasteiger partial charge in [0.25, 0.3) is 0 Å². The Labute approximate surface area is 129 Å². The SMILES string of the molecule is C#Cc1ccc(OC(=O)Oc2ccc(C#C)c(C)c2)cc1C. The van der Waals surface area contributed by atoms with Crippen molar-refractivity contribution in [3.8, 4) is 36.2 Å². The number of terminal acetylenes is 2. The van der Waals surface area contributed by atoms with E-state index in [4.69, 9.17) is 22.3 Å². The predicted octanol–water partition coefficient (Wildman–Crippen LogP) is 3.84. The van der Waals surface area contributed by atoms with Crippen LogP contribution in [0.25, 0.3) is 0 Å². The number of rotatable bonds is 2. The van der Waals surface area contributed by atoms with Gasteiger partial charge in [0.05, 0.1) is 0 Å². The zero-order valence-electron chi connectivity index (χ0n) is 12.3. The van der Waals surface area contributed by atoms with E-state index in [2.05, 4.69) is 11.8 Å². The lowest BCUT2D eigenvalue weighted by Gasteiger charge is -2.08. The van der Waals surface area contributed by atoms with E-state index in [1.54, 1.807) is 36.4 Å². The van der Waals surface area contributed by atoms with Crippen molar-refractivity contribution in [2.24, 2.45) is 0 Å². The first-order valence-electron chi connectivity index (χ1n) is 6.57. The molecule has 0 aliphatic rings. The van der Waals surface area contributed by atoms with Crippen molar-refractivity contribution in [1.82, 2.24) is 0 Å². The first-order chi connectivity index (χ1) is 10.5.